The van der Waals surface area contributed by atoms with Crippen molar-refractivity contribution in [3.8, 4) is 16.2 Å². The maximum atomic E-state index is 12.3. The second-order valence-electron chi connectivity index (χ2n) is 4.71. The molecule has 1 amide bonds. The maximum absolute atomic E-state index is 12.3. The zero-order valence-electron chi connectivity index (χ0n) is 13.4. The Morgan fingerprint density at radius 1 is 1.17 bits per heavy atom. The Hall–Kier alpha value is -1.56. The lowest BCUT2D eigenvalue weighted by molar-refractivity contribution is 0.0954. The monoisotopic (exact) mass is 354 g/mol. The molecule has 6 heteroatoms. The van der Waals surface area contributed by atoms with Gasteiger partial charge in [-0.05, 0) is 25.1 Å². The van der Waals surface area contributed by atoms with Gasteiger partial charge in [-0.1, -0.05) is 37.3 Å². The molecule has 0 bridgehead atoms. The van der Waals surface area contributed by atoms with Crippen LogP contribution in [0.4, 0.5) is 0 Å². The van der Waals surface area contributed by atoms with E-state index in [9.17, 15) is 4.79 Å². The average molecular weight is 355 g/mol. The quantitative estimate of drug-likeness (QED) is 0.712. The van der Waals surface area contributed by atoms with Gasteiger partial charge in [0.15, 0.2) is 0 Å². The summed E-state index contributed by atoms with van der Waals surface area (Å²) >= 11 is 1.47. The number of hydrogen-bond donors (Lipinski definition) is 2. The van der Waals surface area contributed by atoms with Gasteiger partial charge < -0.3 is 15.4 Å². The van der Waals surface area contributed by atoms with Crippen LogP contribution in [0.15, 0.2) is 36.4 Å². The highest BCUT2D eigenvalue weighted by molar-refractivity contribution is 7.17. The molecule has 4 nitrogen and oxygen atoms in total. The number of amides is 1. The number of benzene rings is 1. The SMILES string of the molecule is CCNCCNC(=O)c1sc(-c2ccccc2)cc1OCC.Cl. The summed E-state index contributed by atoms with van der Waals surface area (Å²) in [6, 6.07) is 12.0. The van der Waals surface area contributed by atoms with Crippen molar-refractivity contribution in [2.75, 3.05) is 26.2 Å². The van der Waals surface area contributed by atoms with Crippen LogP contribution < -0.4 is 15.4 Å². The first-order chi connectivity index (χ1) is 10.8. The first kappa shape index (κ1) is 19.5. The number of thiophene rings is 1. The highest BCUT2D eigenvalue weighted by Crippen LogP contribution is 2.36. The van der Waals surface area contributed by atoms with Crippen molar-refractivity contribution < 1.29 is 9.53 Å². The minimum Gasteiger partial charge on any atom is -0.492 e. The zero-order chi connectivity index (χ0) is 15.8. The molecular weight excluding hydrogens is 332 g/mol. The van der Waals surface area contributed by atoms with Gasteiger partial charge in [-0.25, -0.2) is 0 Å². The third-order valence-corrected chi connectivity index (χ3v) is 4.26. The maximum Gasteiger partial charge on any atom is 0.265 e. The summed E-state index contributed by atoms with van der Waals surface area (Å²) < 4.78 is 5.62. The molecule has 2 rings (SSSR count). The van der Waals surface area contributed by atoms with Gasteiger partial charge in [0.05, 0.1) is 6.61 Å². The topological polar surface area (TPSA) is 50.4 Å². The molecule has 0 radical (unpaired) electrons. The third-order valence-electron chi connectivity index (χ3n) is 3.10. The number of ether oxygens (including phenoxy) is 1. The first-order valence-corrected chi connectivity index (χ1v) is 8.38. The zero-order valence-corrected chi connectivity index (χ0v) is 15.1. The van der Waals surface area contributed by atoms with E-state index in [4.69, 9.17) is 4.74 Å². The highest BCUT2D eigenvalue weighted by atomic mass is 35.5. The van der Waals surface area contributed by atoms with Gasteiger partial charge in [0.25, 0.3) is 5.91 Å². The van der Waals surface area contributed by atoms with Crippen LogP contribution in [-0.2, 0) is 0 Å². The highest BCUT2D eigenvalue weighted by Gasteiger charge is 2.17. The molecule has 0 aliphatic carbocycles. The molecule has 1 aromatic heterocycles. The van der Waals surface area contributed by atoms with Gasteiger partial charge in [0.2, 0.25) is 0 Å². The summed E-state index contributed by atoms with van der Waals surface area (Å²) in [5, 5.41) is 6.11. The molecule has 0 unspecified atom stereocenters. The number of hydrogen-bond acceptors (Lipinski definition) is 4. The molecule has 23 heavy (non-hydrogen) atoms. The van der Waals surface area contributed by atoms with Crippen LogP contribution in [0, 0.1) is 0 Å². The number of likely N-dealkylation sites (N-methyl/N-ethyl adjacent to an activating group) is 1. The van der Waals surface area contributed by atoms with E-state index in [1.54, 1.807) is 0 Å². The van der Waals surface area contributed by atoms with E-state index in [2.05, 4.69) is 10.6 Å². The van der Waals surface area contributed by atoms with E-state index < -0.39 is 0 Å². The summed E-state index contributed by atoms with van der Waals surface area (Å²) in [4.78, 5) is 14.0. The first-order valence-electron chi connectivity index (χ1n) is 7.57. The van der Waals surface area contributed by atoms with Gasteiger partial charge in [-0.2, -0.15) is 0 Å². The van der Waals surface area contributed by atoms with Crippen LogP contribution in [0.1, 0.15) is 23.5 Å². The van der Waals surface area contributed by atoms with Crippen molar-refractivity contribution in [3.05, 3.63) is 41.3 Å². The van der Waals surface area contributed by atoms with Gasteiger partial charge >= 0.3 is 0 Å². The normalized spacial score (nSPS) is 10.0. The molecule has 1 aromatic carbocycles. The molecule has 126 valence electrons. The van der Waals surface area contributed by atoms with Gasteiger partial charge in [-0.15, -0.1) is 23.7 Å². The van der Waals surface area contributed by atoms with Gasteiger partial charge in [-0.3, -0.25) is 4.79 Å². The fourth-order valence-electron chi connectivity index (χ4n) is 2.06. The van der Waals surface area contributed by atoms with Crippen LogP contribution in [-0.4, -0.2) is 32.1 Å². The van der Waals surface area contributed by atoms with Crippen molar-refractivity contribution in [1.82, 2.24) is 10.6 Å². The molecule has 0 aliphatic heterocycles. The summed E-state index contributed by atoms with van der Waals surface area (Å²) in [5.74, 6) is 0.584. The number of carbonyl (C=O) groups excluding carboxylic acids is 1. The summed E-state index contributed by atoms with van der Waals surface area (Å²) in [6.07, 6.45) is 0. The lowest BCUT2D eigenvalue weighted by atomic mass is 10.2. The Morgan fingerprint density at radius 3 is 2.57 bits per heavy atom. The average Bonchev–Trinajstić information content (AvgIpc) is 2.97. The van der Waals surface area contributed by atoms with Gasteiger partial charge in [0.1, 0.15) is 10.6 Å². The summed E-state index contributed by atoms with van der Waals surface area (Å²) in [6.45, 7) is 6.78. The smallest absolute Gasteiger partial charge is 0.265 e. The van der Waals surface area contributed by atoms with Crippen LogP contribution in [0.5, 0.6) is 5.75 Å². The molecule has 0 saturated carbocycles. The summed E-state index contributed by atoms with van der Waals surface area (Å²) in [7, 11) is 0. The van der Waals surface area contributed by atoms with E-state index >= 15 is 0 Å². The van der Waals surface area contributed by atoms with E-state index in [0.29, 0.717) is 23.8 Å². The van der Waals surface area contributed by atoms with Gasteiger partial charge in [0, 0.05) is 18.0 Å². The molecule has 2 N–H and O–H groups in total. The predicted molar refractivity (Wildman–Crippen MR) is 99.0 cm³/mol. The largest absolute Gasteiger partial charge is 0.492 e. The molecule has 0 saturated heterocycles. The lowest BCUT2D eigenvalue weighted by Crippen LogP contribution is -2.31. The summed E-state index contributed by atoms with van der Waals surface area (Å²) in [5.41, 5.74) is 1.10. The van der Waals surface area contributed by atoms with E-state index in [0.717, 1.165) is 23.5 Å². The Labute approximate surface area is 147 Å². The van der Waals surface area contributed by atoms with Crippen molar-refractivity contribution in [1.29, 1.82) is 0 Å². The van der Waals surface area contributed by atoms with Crippen molar-refractivity contribution in [2.24, 2.45) is 0 Å². The number of nitrogens with one attached hydrogen (secondary N) is 2. The fraction of sp³-hybridized carbons (Fsp3) is 0.353. The third kappa shape index (κ3) is 5.53. The standard InChI is InChI=1S/C17H22N2O2S.ClH/c1-3-18-10-11-19-17(20)16-14(21-4-2)12-15(22-16)13-8-6-5-7-9-13;/h5-9,12,18H,3-4,10-11H2,1-2H3,(H,19,20);1H. The molecule has 0 spiro atoms. The molecule has 0 aliphatic rings. The number of carbonyl (C=O) groups is 1. The minimum atomic E-state index is -0.0754. The second kappa shape index (κ2) is 10.3. The Morgan fingerprint density at radius 2 is 1.91 bits per heavy atom. The molecular formula is C17H23ClN2O2S. The van der Waals surface area contributed by atoms with Crippen molar-refractivity contribution in [2.45, 2.75) is 13.8 Å². The lowest BCUT2D eigenvalue weighted by Gasteiger charge is -2.06. The fourth-order valence-corrected chi connectivity index (χ4v) is 3.08. The van der Waals surface area contributed by atoms with E-state index in [1.807, 2.05) is 50.2 Å². The predicted octanol–water partition coefficient (Wildman–Crippen LogP) is 3.57. The van der Waals surface area contributed by atoms with Crippen LogP contribution in [0.25, 0.3) is 10.4 Å². The number of rotatable bonds is 8. The van der Waals surface area contributed by atoms with E-state index in [1.165, 1.54) is 11.3 Å². The Bertz CT molecular complexity index is 602. The Balaban J connectivity index is 0.00000264. The van der Waals surface area contributed by atoms with Crippen LogP contribution >= 0.6 is 23.7 Å². The van der Waals surface area contributed by atoms with Crippen molar-refractivity contribution in [3.63, 3.8) is 0 Å². The molecule has 1 heterocycles. The number of halogens is 1. The van der Waals surface area contributed by atoms with E-state index in [-0.39, 0.29) is 18.3 Å². The second-order valence-corrected chi connectivity index (χ2v) is 5.76. The molecule has 0 fully saturated rings. The van der Waals surface area contributed by atoms with Crippen LogP contribution in [0.3, 0.4) is 0 Å². The Kier molecular flexibility index (Phi) is 8.69. The van der Waals surface area contributed by atoms with Crippen LogP contribution in [0.2, 0.25) is 0 Å². The molecule has 2 aromatic rings. The molecule has 0 atom stereocenters. The van der Waals surface area contributed by atoms with Crippen molar-refractivity contribution >= 4 is 29.7 Å². The minimum absolute atomic E-state index is 0.